The highest BCUT2D eigenvalue weighted by atomic mass is 16.6. The van der Waals surface area contributed by atoms with Gasteiger partial charge in [0.15, 0.2) is 0 Å². The van der Waals surface area contributed by atoms with Crippen LogP contribution in [0.1, 0.15) is 75.0 Å². The number of anilines is 1. The quantitative estimate of drug-likeness (QED) is 0.218. The predicted molar refractivity (Wildman–Crippen MR) is 165 cm³/mol. The molecule has 0 aliphatic carbocycles. The number of aryl methyl sites for hydroxylation is 3. The number of rotatable bonds is 13. The van der Waals surface area contributed by atoms with Gasteiger partial charge in [0, 0.05) is 50.0 Å². The van der Waals surface area contributed by atoms with E-state index in [0.29, 0.717) is 26.2 Å². The number of aromatic nitrogens is 3. The summed E-state index contributed by atoms with van der Waals surface area (Å²) in [4.78, 5) is 20.6. The van der Waals surface area contributed by atoms with Crippen LogP contribution in [0.25, 0.3) is 10.9 Å². The average Bonchev–Trinajstić information content (AvgIpc) is 3.26. The van der Waals surface area contributed by atoms with E-state index in [1.807, 2.05) is 44.5 Å². The monoisotopic (exact) mass is 577 g/mol. The molecule has 2 aliphatic heterocycles. The summed E-state index contributed by atoms with van der Waals surface area (Å²) in [5.41, 5.74) is 4.75. The van der Waals surface area contributed by atoms with Crippen LogP contribution in [0.5, 0.6) is 0 Å². The molecule has 5 rings (SSSR count). The van der Waals surface area contributed by atoms with E-state index in [2.05, 4.69) is 28.4 Å². The summed E-state index contributed by atoms with van der Waals surface area (Å²) in [6.07, 6.45) is 6.65. The maximum atomic E-state index is 13.6. The molecule has 0 spiro atoms. The number of benzene rings is 1. The number of ether oxygens (including phenoxy) is 3. The van der Waals surface area contributed by atoms with Crippen LogP contribution in [0.15, 0.2) is 30.3 Å². The summed E-state index contributed by atoms with van der Waals surface area (Å²) < 4.78 is 19.4. The van der Waals surface area contributed by atoms with Crippen molar-refractivity contribution in [2.75, 3.05) is 45.3 Å². The Morgan fingerprint density at radius 3 is 2.74 bits per heavy atom. The first-order chi connectivity index (χ1) is 20.2. The van der Waals surface area contributed by atoms with E-state index in [0.717, 1.165) is 73.2 Å². The average molecular weight is 578 g/mol. The number of pyridine rings is 1. The molecule has 42 heavy (non-hydrogen) atoms. The van der Waals surface area contributed by atoms with Crippen LogP contribution in [0.2, 0.25) is 0 Å². The number of carbonyl (C=O) groups excluding carboxylic acids is 1. The minimum absolute atomic E-state index is 0.114. The van der Waals surface area contributed by atoms with Gasteiger partial charge in [-0.05, 0) is 71.4 Å². The number of carbonyl (C=O) groups is 1. The topological polar surface area (TPSA) is 90.7 Å². The number of likely N-dealkylation sites (tertiary alicyclic amines) is 1. The van der Waals surface area contributed by atoms with Crippen molar-refractivity contribution in [3.63, 3.8) is 0 Å². The van der Waals surface area contributed by atoms with Gasteiger partial charge in [0.2, 0.25) is 0 Å². The lowest BCUT2D eigenvalue weighted by Gasteiger charge is -2.43. The second-order valence-corrected chi connectivity index (χ2v) is 12.6. The SMILES string of the molecule is COCCn1nc(C)c2cccc(C(C(=O)OC(C)(C)C)N3CC(OCCCCCc4ccc5c(n4)NCCC5)C3)c21. The molecule has 1 aromatic carbocycles. The molecule has 9 nitrogen and oxygen atoms in total. The zero-order chi connectivity index (χ0) is 29.7. The zero-order valence-corrected chi connectivity index (χ0v) is 25.9. The number of hydrogen-bond donors (Lipinski definition) is 1. The van der Waals surface area contributed by atoms with Gasteiger partial charge in [-0.25, -0.2) is 9.78 Å². The summed E-state index contributed by atoms with van der Waals surface area (Å²) >= 11 is 0. The molecule has 9 heteroatoms. The van der Waals surface area contributed by atoms with Gasteiger partial charge in [0.05, 0.1) is 30.5 Å². The summed E-state index contributed by atoms with van der Waals surface area (Å²) in [6.45, 7) is 12.0. The van der Waals surface area contributed by atoms with Crippen LogP contribution in [0.3, 0.4) is 0 Å². The molecular weight excluding hydrogens is 530 g/mol. The molecule has 4 heterocycles. The summed E-state index contributed by atoms with van der Waals surface area (Å²) in [7, 11) is 1.69. The van der Waals surface area contributed by atoms with Crippen molar-refractivity contribution >= 4 is 22.7 Å². The molecule has 0 radical (unpaired) electrons. The Labute approximate surface area is 249 Å². The third kappa shape index (κ3) is 7.30. The molecule has 1 saturated heterocycles. The third-order valence-electron chi connectivity index (χ3n) is 8.04. The van der Waals surface area contributed by atoms with Gasteiger partial charge in [-0.1, -0.05) is 30.7 Å². The second kappa shape index (κ2) is 13.5. The van der Waals surface area contributed by atoms with Crippen LogP contribution in [0, 0.1) is 6.92 Å². The molecule has 0 bridgehead atoms. The molecule has 2 aromatic heterocycles. The van der Waals surface area contributed by atoms with Crippen LogP contribution in [-0.2, 0) is 38.4 Å². The number of hydrogen-bond acceptors (Lipinski definition) is 8. The van der Waals surface area contributed by atoms with Crippen molar-refractivity contribution < 1.29 is 19.0 Å². The fourth-order valence-electron chi connectivity index (χ4n) is 5.95. The van der Waals surface area contributed by atoms with E-state index in [-0.39, 0.29) is 12.1 Å². The Balaban J connectivity index is 1.16. The van der Waals surface area contributed by atoms with Gasteiger partial charge in [-0.2, -0.15) is 5.10 Å². The highest BCUT2D eigenvalue weighted by molar-refractivity contribution is 5.90. The maximum absolute atomic E-state index is 13.6. The lowest BCUT2D eigenvalue weighted by atomic mass is 9.97. The third-order valence-corrected chi connectivity index (χ3v) is 8.04. The fourth-order valence-corrected chi connectivity index (χ4v) is 5.95. The molecule has 1 fully saturated rings. The van der Waals surface area contributed by atoms with Gasteiger partial charge < -0.3 is 19.5 Å². The molecule has 3 aromatic rings. The number of para-hydroxylation sites is 1. The van der Waals surface area contributed by atoms with Gasteiger partial charge in [-0.3, -0.25) is 9.58 Å². The highest BCUT2D eigenvalue weighted by Crippen LogP contribution is 2.35. The van der Waals surface area contributed by atoms with Crippen molar-refractivity contribution in [2.45, 2.75) is 90.5 Å². The van der Waals surface area contributed by atoms with Crippen molar-refractivity contribution in [1.82, 2.24) is 19.7 Å². The number of methoxy groups -OCH3 is 1. The Hall–Kier alpha value is -3.01. The van der Waals surface area contributed by atoms with Crippen molar-refractivity contribution in [2.24, 2.45) is 0 Å². The Morgan fingerprint density at radius 2 is 1.95 bits per heavy atom. The predicted octanol–water partition coefficient (Wildman–Crippen LogP) is 5.24. The molecule has 1 unspecified atom stereocenters. The standard InChI is InChI=1S/C33H47N5O4/c1-23-27-13-9-14-28(29(27)38(36-23)18-20-40-5)30(32(39)42-33(2,3)4)37-21-26(22-37)41-19-8-6-7-12-25-16-15-24-11-10-17-34-31(24)35-25/h9,13-16,26,30H,6-8,10-12,17-22H2,1-5H3,(H,34,35). The first-order valence-corrected chi connectivity index (χ1v) is 15.5. The zero-order valence-electron chi connectivity index (χ0n) is 25.9. The van der Waals surface area contributed by atoms with E-state index in [1.165, 1.54) is 17.7 Å². The Bertz CT molecular complexity index is 1360. The number of nitrogens with zero attached hydrogens (tertiary/aromatic N) is 4. The van der Waals surface area contributed by atoms with Crippen LogP contribution < -0.4 is 5.32 Å². The summed E-state index contributed by atoms with van der Waals surface area (Å²) in [6, 6.07) is 9.99. The number of esters is 1. The van der Waals surface area contributed by atoms with Crippen molar-refractivity contribution in [1.29, 1.82) is 0 Å². The second-order valence-electron chi connectivity index (χ2n) is 12.6. The lowest BCUT2D eigenvalue weighted by molar-refractivity contribution is -0.168. The lowest BCUT2D eigenvalue weighted by Crippen LogP contribution is -2.55. The molecular formula is C33H47N5O4. The van der Waals surface area contributed by atoms with Gasteiger partial charge >= 0.3 is 5.97 Å². The smallest absolute Gasteiger partial charge is 0.328 e. The highest BCUT2D eigenvalue weighted by Gasteiger charge is 2.41. The largest absolute Gasteiger partial charge is 0.459 e. The van der Waals surface area contributed by atoms with E-state index in [1.54, 1.807) is 7.11 Å². The van der Waals surface area contributed by atoms with Crippen LogP contribution in [-0.4, -0.2) is 77.3 Å². The number of unbranched alkanes of at least 4 members (excludes halogenated alkanes) is 2. The summed E-state index contributed by atoms with van der Waals surface area (Å²) in [5, 5.41) is 9.23. The first-order valence-electron chi connectivity index (χ1n) is 15.5. The van der Waals surface area contributed by atoms with Crippen LogP contribution in [0.4, 0.5) is 5.82 Å². The van der Waals surface area contributed by atoms with Crippen LogP contribution >= 0.6 is 0 Å². The van der Waals surface area contributed by atoms with Gasteiger partial charge in [-0.15, -0.1) is 0 Å². The minimum atomic E-state index is -0.582. The normalized spacial score (nSPS) is 16.6. The Kier molecular flexibility index (Phi) is 9.81. The number of fused-ring (bicyclic) bond motifs is 2. The molecule has 0 saturated carbocycles. The van der Waals surface area contributed by atoms with E-state index >= 15 is 0 Å². The van der Waals surface area contributed by atoms with Crippen molar-refractivity contribution in [3.05, 3.63) is 52.8 Å². The molecule has 0 amide bonds. The van der Waals surface area contributed by atoms with Gasteiger partial charge in [0.25, 0.3) is 0 Å². The van der Waals surface area contributed by atoms with Crippen molar-refractivity contribution in [3.8, 4) is 0 Å². The van der Waals surface area contributed by atoms with E-state index in [9.17, 15) is 4.79 Å². The van der Waals surface area contributed by atoms with E-state index in [4.69, 9.17) is 24.3 Å². The first kappa shape index (κ1) is 30.4. The molecule has 1 N–H and O–H groups in total. The summed E-state index contributed by atoms with van der Waals surface area (Å²) in [5.74, 6) is 0.837. The van der Waals surface area contributed by atoms with E-state index < -0.39 is 11.6 Å². The maximum Gasteiger partial charge on any atom is 0.328 e. The number of nitrogens with one attached hydrogen (secondary N) is 1. The molecule has 1 atom stereocenters. The Morgan fingerprint density at radius 1 is 1.12 bits per heavy atom. The fraction of sp³-hybridized carbons (Fsp3) is 0.606. The van der Waals surface area contributed by atoms with Gasteiger partial charge in [0.1, 0.15) is 17.5 Å². The molecule has 2 aliphatic rings. The minimum Gasteiger partial charge on any atom is -0.459 e. The molecule has 228 valence electrons.